The van der Waals surface area contributed by atoms with Gasteiger partial charge in [-0.15, -0.1) is 0 Å². The molecule has 0 aromatic carbocycles. The second-order valence-corrected chi connectivity index (χ2v) is 3.59. The van der Waals surface area contributed by atoms with Crippen LogP contribution in [0, 0.1) is 6.92 Å². The van der Waals surface area contributed by atoms with Gasteiger partial charge in [-0.2, -0.15) is 0 Å². The van der Waals surface area contributed by atoms with Crippen molar-refractivity contribution in [3.8, 4) is 0 Å². The van der Waals surface area contributed by atoms with Gasteiger partial charge in [0.25, 0.3) is 0 Å². The van der Waals surface area contributed by atoms with E-state index in [1.165, 1.54) is 0 Å². The van der Waals surface area contributed by atoms with Gasteiger partial charge >= 0.3 is 0 Å². The largest absolute Gasteiger partial charge is 0.383 e. The molecule has 1 N–H and O–H groups in total. The zero-order valence-corrected chi connectivity index (χ0v) is 7.66. The Hall–Kier alpha value is -0.930. The number of nitrogens with zero attached hydrogens (tertiary/aromatic N) is 1. The standard InChI is InChI=1S/C10H13NO2/c1-8-4-9(6-11-5-8)10(12)2-3-13-7-10/h4-6,12H,2-3,7H2,1H3. The number of pyridine rings is 1. The van der Waals surface area contributed by atoms with Crippen LogP contribution in [0.5, 0.6) is 0 Å². The molecule has 2 rings (SSSR count). The highest BCUT2D eigenvalue weighted by molar-refractivity contribution is 5.23. The van der Waals surface area contributed by atoms with Crippen molar-refractivity contribution in [1.29, 1.82) is 0 Å². The van der Waals surface area contributed by atoms with E-state index in [0.717, 1.165) is 11.1 Å². The minimum absolute atomic E-state index is 0.387. The maximum absolute atomic E-state index is 10.1. The molecular formula is C10H13NO2. The van der Waals surface area contributed by atoms with E-state index >= 15 is 0 Å². The first-order valence-corrected chi connectivity index (χ1v) is 4.43. The number of aliphatic hydroxyl groups is 1. The Labute approximate surface area is 77.4 Å². The molecule has 1 aromatic rings. The van der Waals surface area contributed by atoms with Crippen LogP contribution in [0.25, 0.3) is 0 Å². The molecule has 1 aliphatic rings. The van der Waals surface area contributed by atoms with Crippen molar-refractivity contribution < 1.29 is 9.84 Å². The smallest absolute Gasteiger partial charge is 0.117 e. The Morgan fingerprint density at radius 1 is 1.54 bits per heavy atom. The normalized spacial score (nSPS) is 27.8. The van der Waals surface area contributed by atoms with Gasteiger partial charge in [-0.05, 0) is 12.5 Å². The highest BCUT2D eigenvalue weighted by Gasteiger charge is 2.34. The first-order chi connectivity index (χ1) is 6.21. The molecule has 0 spiro atoms. The summed E-state index contributed by atoms with van der Waals surface area (Å²) in [6.45, 7) is 2.98. The second kappa shape index (κ2) is 3.09. The maximum atomic E-state index is 10.1. The summed E-state index contributed by atoms with van der Waals surface area (Å²) in [6, 6.07) is 1.96. The first-order valence-electron chi connectivity index (χ1n) is 4.43. The molecule has 1 fully saturated rings. The Balaban J connectivity index is 2.33. The van der Waals surface area contributed by atoms with Crippen molar-refractivity contribution in [1.82, 2.24) is 4.98 Å². The van der Waals surface area contributed by atoms with Gasteiger partial charge in [0.15, 0.2) is 0 Å². The fourth-order valence-corrected chi connectivity index (χ4v) is 1.59. The van der Waals surface area contributed by atoms with Crippen LogP contribution in [0.3, 0.4) is 0 Å². The third kappa shape index (κ3) is 1.57. The summed E-state index contributed by atoms with van der Waals surface area (Å²) in [5.74, 6) is 0. The van der Waals surface area contributed by atoms with E-state index in [0.29, 0.717) is 19.6 Å². The van der Waals surface area contributed by atoms with Gasteiger partial charge in [-0.25, -0.2) is 0 Å². The quantitative estimate of drug-likeness (QED) is 0.699. The van der Waals surface area contributed by atoms with Crippen LogP contribution in [0.15, 0.2) is 18.5 Å². The summed E-state index contributed by atoms with van der Waals surface area (Å²) < 4.78 is 5.18. The second-order valence-electron chi connectivity index (χ2n) is 3.59. The summed E-state index contributed by atoms with van der Waals surface area (Å²) >= 11 is 0. The molecular weight excluding hydrogens is 166 g/mol. The van der Waals surface area contributed by atoms with Crippen LogP contribution in [-0.4, -0.2) is 23.3 Å². The van der Waals surface area contributed by atoms with Gasteiger partial charge in [-0.1, -0.05) is 6.07 Å². The number of ether oxygens (including phenoxy) is 1. The molecule has 0 bridgehead atoms. The molecule has 3 heteroatoms. The average molecular weight is 179 g/mol. The third-order valence-corrected chi connectivity index (χ3v) is 2.41. The van der Waals surface area contributed by atoms with E-state index in [4.69, 9.17) is 4.74 Å². The number of aryl methyl sites for hydroxylation is 1. The molecule has 0 saturated carbocycles. The summed E-state index contributed by atoms with van der Waals surface area (Å²) in [5, 5.41) is 10.1. The Morgan fingerprint density at radius 3 is 3.00 bits per heavy atom. The molecule has 0 aliphatic carbocycles. The van der Waals surface area contributed by atoms with Crippen molar-refractivity contribution in [2.75, 3.05) is 13.2 Å². The minimum Gasteiger partial charge on any atom is -0.383 e. The van der Waals surface area contributed by atoms with Crippen molar-refractivity contribution in [3.05, 3.63) is 29.6 Å². The number of rotatable bonds is 1. The Bertz CT molecular complexity index is 306. The van der Waals surface area contributed by atoms with E-state index in [-0.39, 0.29) is 0 Å². The molecule has 13 heavy (non-hydrogen) atoms. The highest BCUT2D eigenvalue weighted by atomic mass is 16.5. The molecule has 1 unspecified atom stereocenters. The minimum atomic E-state index is -0.807. The summed E-state index contributed by atoms with van der Waals surface area (Å²) in [4.78, 5) is 4.06. The van der Waals surface area contributed by atoms with Gasteiger partial charge < -0.3 is 9.84 Å². The van der Waals surface area contributed by atoms with Crippen molar-refractivity contribution in [2.45, 2.75) is 18.9 Å². The number of aromatic nitrogens is 1. The lowest BCUT2D eigenvalue weighted by Gasteiger charge is -2.20. The topological polar surface area (TPSA) is 42.4 Å². The van der Waals surface area contributed by atoms with Gasteiger partial charge in [0.1, 0.15) is 5.60 Å². The van der Waals surface area contributed by atoms with Crippen LogP contribution in [0.2, 0.25) is 0 Å². The molecule has 2 heterocycles. The van der Waals surface area contributed by atoms with E-state index in [9.17, 15) is 5.11 Å². The van der Waals surface area contributed by atoms with Gasteiger partial charge in [0.05, 0.1) is 6.61 Å². The lowest BCUT2D eigenvalue weighted by atomic mass is 9.94. The van der Waals surface area contributed by atoms with E-state index in [1.807, 2.05) is 13.0 Å². The van der Waals surface area contributed by atoms with Crippen LogP contribution >= 0.6 is 0 Å². The molecule has 1 aromatic heterocycles. The molecule has 1 atom stereocenters. The predicted molar refractivity (Wildman–Crippen MR) is 48.3 cm³/mol. The zero-order valence-electron chi connectivity index (χ0n) is 7.66. The zero-order chi connectivity index (χ0) is 9.31. The average Bonchev–Trinajstić information content (AvgIpc) is 2.54. The SMILES string of the molecule is Cc1cncc(C2(O)CCOC2)c1. The molecule has 3 nitrogen and oxygen atoms in total. The molecule has 70 valence electrons. The van der Waals surface area contributed by atoms with E-state index in [2.05, 4.69) is 4.98 Å². The van der Waals surface area contributed by atoms with Crippen molar-refractivity contribution in [3.63, 3.8) is 0 Å². The maximum Gasteiger partial charge on any atom is 0.117 e. The molecule has 1 saturated heterocycles. The van der Waals surface area contributed by atoms with Crippen molar-refractivity contribution >= 4 is 0 Å². The van der Waals surface area contributed by atoms with Gasteiger partial charge in [0, 0.05) is 31.0 Å². The van der Waals surface area contributed by atoms with Crippen molar-refractivity contribution in [2.24, 2.45) is 0 Å². The number of hydrogen-bond acceptors (Lipinski definition) is 3. The Morgan fingerprint density at radius 2 is 2.38 bits per heavy atom. The van der Waals surface area contributed by atoms with E-state index < -0.39 is 5.60 Å². The predicted octanol–water partition coefficient (Wildman–Crippen LogP) is 0.998. The molecule has 0 amide bonds. The van der Waals surface area contributed by atoms with Crippen LogP contribution in [0.1, 0.15) is 17.5 Å². The fourth-order valence-electron chi connectivity index (χ4n) is 1.59. The van der Waals surface area contributed by atoms with Gasteiger partial charge in [-0.3, -0.25) is 4.98 Å². The summed E-state index contributed by atoms with van der Waals surface area (Å²) in [5.41, 5.74) is 1.13. The molecule has 1 aliphatic heterocycles. The van der Waals surface area contributed by atoms with Gasteiger partial charge in [0.2, 0.25) is 0 Å². The summed E-state index contributed by atoms with van der Waals surface area (Å²) in [6.07, 6.45) is 4.16. The van der Waals surface area contributed by atoms with E-state index in [1.54, 1.807) is 12.4 Å². The Kier molecular flexibility index (Phi) is 2.06. The third-order valence-electron chi connectivity index (χ3n) is 2.41. The first kappa shape index (κ1) is 8.66. The van der Waals surface area contributed by atoms with Crippen LogP contribution < -0.4 is 0 Å². The lowest BCUT2D eigenvalue weighted by molar-refractivity contribution is 0.0229. The van der Waals surface area contributed by atoms with Crippen LogP contribution in [0.4, 0.5) is 0 Å². The number of hydrogen-bond donors (Lipinski definition) is 1. The fraction of sp³-hybridized carbons (Fsp3) is 0.500. The van der Waals surface area contributed by atoms with Crippen LogP contribution in [-0.2, 0) is 10.3 Å². The lowest BCUT2D eigenvalue weighted by Crippen LogP contribution is -2.25. The monoisotopic (exact) mass is 179 g/mol. The molecule has 0 radical (unpaired) electrons. The summed E-state index contributed by atoms with van der Waals surface area (Å²) in [7, 11) is 0. The highest BCUT2D eigenvalue weighted by Crippen LogP contribution is 2.29.